The molecule has 116 valence electrons. The van der Waals surface area contributed by atoms with Crippen molar-refractivity contribution in [2.24, 2.45) is 11.3 Å². The fourth-order valence-corrected chi connectivity index (χ4v) is 4.63. The maximum absolute atomic E-state index is 6.70. The van der Waals surface area contributed by atoms with E-state index in [4.69, 9.17) is 4.74 Å². The predicted octanol–water partition coefficient (Wildman–Crippen LogP) is 4.28. The van der Waals surface area contributed by atoms with Crippen LogP contribution < -0.4 is 5.32 Å². The van der Waals surface area contributed by atoms with E-state index in [2.05, 4.69) is 26.1 Å². The SMILES string of the molecule is CC(C)(C)C1CCC2OC3(CCCCCC3)CNC2C1. The Morgan fingerprint density at radius 2 is 1.70 bits per heavy atom. The molecule has 1 heterocycles. The van der Waals surface area contributed by atoms with E-state index in [-0.39, 0.29) is 5.60 Å². The molecule has 1 saturated heterocycles. The Morgan fingerprint density at radius 1 is 1.00 bits per heavy atom. The fraction of sp³-hybridized carbons (Fsp3) is 1.00. The highest BCUT2D eigenvalue weighted by molar-refractivity contribution is 4.99. The first-order chi connectivity index (χ1) is 9.49. The van der Waals surface area contributed by atoms with Crippen molar-refractivity contribution in [3.8, 4) is 0 Å². The highest BCUT2D eigenvalue weighted by Gasteiger charge is 2.45. The molecular weight excluding hydrogens is 246 g/mol. The highest BCUT2D eigenvalue weighted by atomic mass is 16.5. The highest BCUT2D eigenvalue weighted by Crippen LogP contribution is 2.43. The number of hydrogen-bond acceptors (Lipinski definition) is 2. The number of rotatable bonds is 0. The van der Waals surface area contributed by atoms with Crippen molar-refractivity contribution < 1.29 is 4.74 Å². The minimum atomic E-state index is 0.187. The fourth-order valence-electron chi connectivity index (χ4n) is 4.63. The van der Waals surface area contributed by atoms with Crippen molar-refractivity contribution in [2.75, 3.05) is 6.54 Å². The van der Waals surface area contributed by atoms with Crippen molar-refractivity contribution in [1.29, 1.82) is 0 Å². The molecule has 2 aliphatic carbocycles. The van der Waals surface area contributed by atoms with Gasteiger partial charge in [-0.3, -0.25) is 0 Å². The smallest absolute Gasteiger partial charge is 0.0810 e. The molecule has 1 N–H and O–H groups in total. The molecule has 0 aromatic rings. The second-order valence-electron chi connectivity index (χ2n) is 8.62. The summed E-state index contributed by atoms with van der Waals surface area (Å²) >= 11 is 0. The van der Waals surface area contributed by atoms with Crippen LogP contribution in [-0.2, 0) is 4.74 Å². The third kappa shape index (κ3) is 3.06. The monoisotopic (exact) mass is 279 g/mol. The predicted molar refractivity (Wildman–Crippen MR) is 83.9 cm³/mol. The van der Waals surface area contributed by atoms with Crippen LogP contribution in [0.1, 0.15) is 78.6 Å². The van der Waals surface area contributed by atoms with Gasteiger partial charge in [-0.1, -0.05) is 46.5 Å². The summed E-state index contributed by atoms with van der Waals surface area (Å²) < 4.78 is 6.70. The first-order valence-electron chi connectivity index (χ1n) is 8.90. The van der Waals surface area contributed by atoms with Crippen LogP contribution in [0.15, 0.2) is 0 Å². The van der Waals surface area contributed by atoms with Crippen LogP contribution in [0.25, 0.3) is 0 Å². The minimum Gasteiger partial charge on any atom is -0.369 e. The topological polar surface area (TPSA) is 21.3 Å². The zero-order valence-electron chi connectivity index (χ0n) is 13.7. The van der Waals surface area contributed by atoms with E-state index in [9.17, 15) is 0 Å². The summed E-state index contributed by atoms with van der Waals surface area (Å²) in [6.07, 6.45) is 12.5. The number of nitrogens with one attached hydrogen (secondary N) is 1. The second kappa shape index (κ2) is 5.61. The number of ether oxygens (including phenoxy) is 1. The standard InChI is InChI=1S/C18H33NO/c1-17(2,3)14-8-9-16-15(12-14)19-13-18(20-16)10-6-4-5-7-11-18/h14-16,19H,4-13H2,1-3H3. The van der Waals surface area contributed by atoms with Crippen LogP contribution in [0.5, 0.6) is 0 Å². The van der Waals surface area contributed by atoms with Crippen molar-refractivity contribution in [1.82, 2.24) is 5.32 Å². The van der Waals surface area contributed by atoms with Gasteiger partial charge in [-0.15, -0.1) is 0 Å². The zero-order valence-corrected chi connectivity index (χ0v) is 13.7. The molecule has 3 aliphatic rings. The van der Waals surface area contributed by atoms with Gasteiger partial charge in [-0.2, -0.15) is 0 Å². The summed E-state index contributed by atoms with van der Waals surface area (Å²) in [5.74, 6) is 0.850. The molecule has 3 rings (SSSR count). The maximum atomic E-state index is 6.70. The Kier molecular flexibility index (Phi) is 4.16. The molecule has 2 saturated carbocycles. The van der Waals surface area contributed by atoms with E-state index in [1.165, 1.54) is 57.8 Å². The molecule has 3 unspecified atom stereocenters. The van der Waals surface area contributed by atoms with Crippen molar-refractivity contribution in [3.63, 3.8) is 0 Å². The van der Waals surface area contributed by atoms with Crippen LogP contribution in [0, 0.1) is 11.3 Å². The largest absolute Gasteiger partial charge is 0.369 e. The molecular formula is C18H33NO. The van der Waals surface area contributed by atoms with Crippen LogP contribution >= 0.6 is 0 Å². The van der Waals surface area contributed by atoms with Crippen LogP contribution in [0.2, 0.25) is 0 Å². The lowest BCUT2D eigenvalue weighted by molar-refractivity contribution is -0.159. The zero-order chi connectivity index (χ0) is 14.2. The average molecular weight is 279 g/mol. The lowest BCUT2D eigenvalue weighted by Gasteiger charge is -2.50. The van der Waals surface area contributed by atoms with Gasteiger partial charge in [0.2, 0.25) is 0 Å². The van der Waals surface area contributed by atoms with Gasteiger partial charge in [-0.25, -0.2) is 0 Å². The minimum absolute atomic E-state index is 0.187. The van der Waals surface area contributed by atoms with E-state index in [0.29, 0.717) is 17.6 Å². The Morgan fingerprint density at radius 3 is 2.35 bits per heavy atom. The van der Waals surface area contributed by atoms with Crippen LogP contribution in [0.3, 0.4) is 0 Å². The van der Waals surface area contributed by atoms with Crippen molar-refractivity contribution in [2.45, 2.75) is 96.3 Å². The van der Waals surface area contributed by atoms with Gasteiger partial charge in [0.25, 0.3) is 0 Å². The molecule has 2 nitrogen and oxygen atoms in total. The quantitative estimate of drug-likeness (QED) is 0.714. The van der Waals surface area contributed by atoms with Crippen LogP contribution in [0.4, 0.5) is 0 Å². The summed E-state index contributed by atoms with van der Waals surface area (Å²) in [5, 5.41) is 3.89. The third-order valence-electron chi connectivity index (χ3n) is 6.11. The number of fused-ring (bicyclic) bond motifs is 1. The number of morpholine rings is 1. The summed E-state index contributed by atoms with van der Waals surface area (Å²) in [7, 11) is 0. The molecule has 0 amide bonds. The van der Waals surface area contributed by atoms with E-state index in [1.54, 1.807) is 0 Å². The summed E-state index contributed by atoms with van der Waals surface area (Å²) in [6, 6.07) is 0.613. The molecule has 0 radical (unpaired) electrons. The van der Waals surface area contributed by atoms with E-state index in [1.807, 2.05) is 0 Å². The lowest BCUT2D eigenvalue weighted by atomic mass is 9.69. The summed E-state index contributed by atoms with van der Waals surface area (Å²) in [5.41, 5.74) is 0.635. The maximum Gasteiger partial charge on any atom is 0.0810 e. The molecule has 1 spiro atoms. The van der Waals surface area contributed by atoms with Gasteiger partial charge in [0, 0.05) is 12.6 Å². The molecule has 0 aromatic carbocycles. The molecule has 0 bridgehead atoms. The molecule has 20 heavy (non-hydrogen) atoms. The molecule has 1 aliphatic heterocycles. The van der Waals surface area contributed by atoms with Gasteiger partial charge in [0.15, 0.2) is 0 Å². The Bertz CT molecular complexity index is 325. The molecule has 3 fully saturated rings. The Balaban J connectivity index is 1.63. The van der Waals surface area contributed by atoms with E-state index >= 15 is 0 Å². The second-order valence-corrected chi connectivity index (χ2v) is 8.62. The first kappa shape index (κ1) is 14.8. The van der Waals surface area contributed by atoms with E-state index < -0.39 is 0 Å². The summed E-state index contributed by atoms with van der Waals surface area (Å²) in [4.78, 5) is 0. The first-order valence-corrected chi connectivity index (χ1v) is 8.90. The lowest BCUT2D eigenvalue weighted by Crippen LogP contribution is -2.61. The summed E-state index contributed by atoms with van der Waals surface area (Å²) in [6.45, 7) is 8.29. The van der Waals surface area contributed by atoms with Gasteiger partial charge in [-0.05, 0) is 43.4 Å². The Hall–Kier alpha value is -0.0800. The van der Waals surface area contributed by atoms with Gasteiger partial charge < -0.3 is 10.1 Å². The molecule has 2 heteroatoms. The van der Waals surface area contributed by atoms with Gasteiger partial charge in [0.1, 0.15) is 0 Å². The van der Waals surface area contributed by atoms with Gasteiger partial charge >= 0.3 is 0 Å². The normalized spacial score (nSPS) is 38.2. The average Bonchev–Trinajstić information content (AvgIpc) is 2.63. The van der Waals surface area contributed by atoms with E-state index in [0.717, 1.165) is 12.5 Å². The molecule has 3 atom stereocenters. The van der Waals surface area contributed by atoms with Crippen molar-refractivity contribution >= 4 is 0 Å². The van der Waals surface area contributed by atoms with Gasteiger partial charge in [0.05, 0.1) is 11.7 Å². The third-order valence-corrected chi connectivity index (χ3v) is 6.11. The van der Waals surface area contributed by atoms with Crippen molar-refractivity contribution in [3.05, 3.63) is 0 Å². The number of hydrogen-bond donors (Lipinski definition) is 1. The van der Waals surface area contributed by atoms with Crippen LogP contribution in [-0.4, -0.2) is 24.3 Å². The Labute approximate surface area is 125 Å². The molecule has 0 aromatic heterocycles.